The first-order chi connectivity index (χ1) is 39.9. The van der Waals surface area contributed by atoms with Gasteiger partial charge in [0.15, 0.2) is 0 Å². The molecule has 538 valence electrons. The third-order valence-electron chi connectivity index (χ3n) is 19.8. The Kier molecular flexibility index (Phi) is 42.5. The van der Waals surface area contributed by atoms with Gasteiger partial charge in [-0.15, -0.1) is 13.2 Å². The van der Waals surface area contributed by atoms with E-state index in [1.54, 1.807) is 0 Å². The smallest absolute Gasteiger partial charge is 0.0922 e. The minimum atomic E-state index is -0.106. The first-order valence-electron chi connectivity index (χ1n) is 36.6. The Balaban J connectivity index is -0.000000480. The Labute approximate surface area is 567 Å². The molecule has 6 atom stereocenters. The van der Waals surface area contributed by atoms with Crippen LogP contribution in [0, 0.1) is 94.6 Å². The molecule has 3 aliphatic carbocycles. The third kappa shape index (κ3) is 50.4. The highest BCUT2D eigenvalue weighted by Gasteiger charge is 2.39. The maximum Gasteiger partial charge on any atom is 0.0922 e. The average molecular weight is 1270 g/mol. The van der Waals surface area contributed by atoms with Crippen molar-refractivity contribution in [1.29, 1.82) is 0 Å². The Morgan fingerprint density at radius 1 is 0.544 bits per heavy atom. The topological polar surface area (TPSA) is 90.2 Å². The van der Waals surface area contributed by atoms with E-state index in [2.05, 4.69) is 274 Å². The molecule has 0 spiro atoms. The quantitative estimate of drug-likeness (QED) is 0.0861. The van der Waals surface area contributed by atoms with E-state index in [-0.39, 0.29) is 27.8 Å². The highest BCUT2D eigenvalue weighted by molar-refractivity contribution is 5.18. The van der Waals surface area contributed by atoms with Gasteiger partial charge in [0.05, 0.1) is 30.5 Å². The molecule has 3 unspecified atom stereocenters. The van der Waals surface area contributed by atoms with E-state index in [4.69, 9.17) is 4.74 Å². The van der Waals surface area contributed by atoms with Crippen molar-refractivity contribution >= 4 is 0 Å². The van der Waals surface area contributed by atoms with Gasteiger partial charge in [0, 0.05) is 19.4 Å². The summed E-state index contributed by atoms with van der Waals surface area (Å²) in [6.45, 7) is 89.4. The monoisotopic (exact) mass is 1270 g/mol. The molecule has 0 radical (unpaired) electrons. The zero-order chi connectivity index (χ0) is 72.2. The van der Waals surface area contributed by atoms with Gasteiger partial charge < -0.3 is 25.2 Å². The number of rotatable bonds is 17. The van der Waals surface area contributed by atoms with E-state index in [1.165, 1.54) is 94.6 Å². The lowest BCUT2D eigenvalue weighted by Crippen LogP contribution is -2.39. The summed E-state index contributed by atoms with van der Waals surface area (Å²) in [5, 5.41) is 38.7. The molecule has 1 saturated carbocycles. The van der Waals surface area contributed by atoms with Crippen LogP contribution in [0.5, 0.6) is 0 Å². The number of aliphatic hydroxyl groups excluding tert-OH is 4. The summed E-state index contributed by atoms with van der Waals surface area (Å²) in [6.07, 6.45) is 30.6. The molecule has 0 saturated heterocycles. The van der Waals surface area contributed by atoms with Crippen molar-refractivity contribution < 1.29 is 25.2 Å². The van der Waals surface area contributed by atoms with Gasteiger partial charge in [0.25, 0.3) is 0 Å². The molecule has 0 heterocycles. The molecule has 5 nitrogen and oxygen atoms in total. The Bertz CT molecular complexity index is 1960. The minimum absolute atomic E-state index is 0.106. The van der Waals surface area contributed by atoms with Crippen molar-refractivity contribution in [3.05, 3.63) is 60.3 Å². The number of aliphatic hydroxyl groups is 4. The van der Waals surface area contributed by atoms with Crippen LogP contribution in [0.3, 0.4) is 0 Å². The van der Waals surface area contributed by atoms with Gasteiger partial charge in [0.2, 0.25) is 0 Å². The molecule has 90 heavy (non-hydrogen) atoms. The summed E-state index contributed by atoms with van der Waals surface area (Å²) < 4.78 is 5.24. The maximum atomic E-state index is 9.97. The van der Waals surface area contributed by atoms with Crippen molar-refractivity contribution in [2.24, 2.45) is 94.6 Å². The van der Waals surface area contributed by atoms with Crippen molar-refractivity contribution in [3.63, 3.8) is 0 Å². The van der Waals surface area contributed by atoms with Crippen molar-refractivity contribution in [1.82, 2.24) is 0 Å². The normalized spacial score (nSPS) is 21.0. The van der Waals surface area contributed by atoms with Gasteiger partial charge in [0.1, 0.15) is 0 Å². The van der Waals surface area contributed by atoms with Crippen LogP contribution in [0.4, 0.5) is 0 Å². The van der Waals surface area contributed by atoms with Gasteiger partial charge in [-0.25, -0.2) is 0 Å². The molecule has 3 rings (SSSR count). The molecule has 4 N–H and O–H groups in total. The fourth-order valence-corrected chi connectivity index (χ4v) is 11.4. The van der Waals surface area contributed by atoms with E-state index in [0.29, 0.717) is 91.0 Å². The highest BCUT2D eigenvalue weighted by atomic mass is 16.5. The van der Waals surface area contributed by atoms with Crippen molar-refractivity contribution in [2.45, 2.75) is 377 Å². The van der Waals surface area contributed by atoms with Gasteiger partial charge in [-0.3, -0.25) is 0 Å². The summed E-state index contributed by atoms with van der Waals surface area (Å²) >= 11 is 0. The number of hydrogen-bond donors (Lipinski definition) is 4. The molecule has 0 aromatic carbocycles. The second-order valence-electron chi connectivity index (χ2n) is 40.6. The van der Waals surface area contributed by atoms with Crippen molar-refractivity contribution in [3.8, 4) is 0 Å². The standard InChI is InChI=1S/C14H28O.C12H22O.C12H24O.C12H26O.2C12H24.C11H20O/c1-7-15-12-11-14(5,6)10-8-9-13(2,3)4;1-8-6-10(12(3,4)5)7-11(13)9(8)2;1-11(2,3)9-6-7-12(4,5)10(13)8-9;1-11(2,3)8-7-10(9-13)12(4,5)6;2*1-7-12(5,6)10-8-9-11(2,3)4;1-8-5-6-9(10(12)7-8)11(2,3)4/h11-12H,7-10H2,1-6H3;8,10,13H,6-7H2,1-5H3;9-10,13H,6-8H2,1-5H3;10,13H,7-9H2,1-6H3;2*7H,1,8-10H2,2-6H3;8,12H,5-7H2,1-4H3/b12-11+;;;;;;/t;8?,10-;9-,10?;;;;8-/m.11...1/s1. The van der Waals surface area contributed by atoms with Crippen LogP contribution >= 0.6 is 0 Å². The molecule has 1 fully saturated rings. The predicted molar refractivity (Wildman–Crippen MR) is 407 cm³/mol. The number of ether oxygens (including phenoxy) is 1. The van der Waals surface area contributed by atoms with Crippen LogP contribution in [-0.2, 0) is 4.74 Å². The van der Waals surface area contributed by atoms with Gasteiger partial charge in [-0.2, -0.15) is 0 Å². The first-order valence-corrected chi connectivity index (χ1v) is 36.6. The molecule has 0 aliphatic heterocycles. The molecule has 5 heteroatoms. The SMILES string of the molecule is C=CC(C)(C)CCCC(C)(C)C.C=CC(C)(C)CCCC(C)(C)C.CC(C)(C)CCC(CO)C(C)(C)C.CC1(C)CC[C@@H](C(C)(C)C)CC1O.CC1=C(O)C[C@H](C(C)(C)C)CC1C.CCO/C=C/C(C)(C)CCCC(C)(C)C.C[C@@H]1CCC(C(C)(C)C)=C(O)C1. The molecule has 0 amide bonds. The molecular formula is C85H168O5. The summed E-state index contributed by atoms with van der Waals surface area (Å²) in [6, 6.07) is 0. The zero-order valence-electron chi connectivity index (χ0n) is 68.2. The first kappa shape index (κ1) is 94.4. The third-order valence-corrected chi connectivity index (χ3v) is 19.8. The van der Waals surface area contributed by atoms with E-state index in [9.17, 15) is 20.4 Å². The van der Waals surface area contributed by atoms with Gasteiger partial charge in [-0.05, 0) is 216 Å². The molecule has 3 aliphatic rings. The van der Waals surface area contributed by atoms with Crippen LogP contribution in [0.15, 0.2) is 60.3 Å². The Morgan fingerprint density at radius 2 is 0.944 bits per heavy atom. The van der Waals surface area contributed by atoms with Gasteiger partial charge in [-0.1, -0.05) is 267 Å². The fourth-order valence-electron chi connectivity index (χ4n) is 11.4. The highest BCUT2D eigenvalue weighted by Crippen LogP contribution is 2.46. The minimum Gasteiger partial charge on any atom is -0.512 e. The molecular weight excluding hydrogens is 1100 g/mol. The molecule has 0 aromatic rings. The lowest BCUT2D eigenvalue weighted by atomic mass is 9.64. The zero-order valence-corrected chi connectivity index (χ0v) is 68.2. The van der Waals surface area contributed by atoms with Crippen LogP contribution in [0.2, 0.25) is 0 Å². The lowest BCUT2D eigenvalue weighted by molar-refractivity contribution is -0.0315. The fraction of sp³-hybridized carbons (Fsp3) is 0.882. The van der Waals surface area contributed by atoms with Crippen LogP contribution in [0.25, 0.3) is 0 Å². The second kappa shape index (κ2) is 40.5. The predicted octanol–water partition coefficient (Wildman–Crippen LogP) is 27.9. The summed E-state index contributed by atoms with van der Waals surface area (Å²) in [5.74, 6) is 4.27. The Morgan fingerprint density at radius 3 is 1.24 bits per heavy atom. The van der Waals surface area contributed by atoms with Crippen LogP contribution in [-0.4, -0.2) is 39.7 Å². The van der Waals surface area contributed by atoms with E-state index < -0.39 is 0 Å². The van der Waals surface area contributed by atoms with Crippen LogP contribution in [0.1, 0.15) is 371 Å². The van der Waals surface area contributed by atoms with Gasteiger partial charge >= 0.3 is 0 Å². The number of allylic oxidation sites excluding steroid dienone is 7. The number of hydrogen-bond acceptors (Lipinski definition) is 5. The van der Waals surface area contributed by atoms with E-state index in [1.807, 2.05) is 13.2 Å². The van der Waals surface area contributed by atoms with E-state index in [0.717, 1.165) is 45.1 Å². The summed E-state index contributed by atoms with van der Waals surface area (Å²) in [4.78, 5) is 0. The average Bonchev–Trinajstić information content (AvgIpc) is 1.09. The lowest BCUT2D eigenvalue weighted by Gasteiger charge is -2.44. The maximum absolute atomic E-state index is 9.97. The van der Waals surface area contributed by atoms with Crippen molar-refractivity contribution in [2.75, 3.05) is 13.2 Å². The summed E-state index contributed by atoms with van der Waals surface area (Å²) in [5.41, 5.74) is 6.40. The molecule has 0 bridgehead atoms. The largest absolute Gasteiger partial charge is 0.512 e. The Hall–Kier alpha value is -1.98. The second-order valence-corrected chi connectivity index (χ2v) is 40.6. The van der Waals surface area contributed by atoms with E-state index >= 15 is 0 Å². The molecule has 0 aromatic heterocycles. The summed E-state index contributed by atoms with van der Waals surface area (Å²) in [7, 11) is 0. The van der Waals surface area contributed by atoms with Crippen LogP contribution < -0.4 is 0 Å².